The number of nitrogens with zero attached hydrogens (tertiary/aromatic N) is 1. The summed E-state index contributed by atoms with van der Waals surface area (Å²) in [5.74, 6) is 5.53. The van der Waals surface area contributed by atoms with Crippen LogP contribution in [0.25, 0.3) is 10.1 Å². The van der Waals surface area contributed by atoms with Gasteiger partial charge in [-0.2, -0.15) is 0 Å². The molecule has 0 aliphatic carbocycles. The molecule has 0 atom stereocenters. The van der Waals surface area contributed by atoms with Gasteiger partial charge in [-0.1, -0.05) is 0 Å². The van der Waals surface area contributed by atoms with Gasteiger partial charge in [-0.25, -0.2) is 10.8 Å². The highest BCUT2D eigenvalue weighted by Crippen LogP contribution is 2.24. The molecule has 0 radical (unpaired) electrons. The number of nitrogens with one attached hydrogen (secondary N) is 2. The molecule has 0 unspecified atom stereocenters. The van der Waals surface area contributed by atoms with E-state index in [1.54, 1.807) is 23.5 Å². The Kier molecular flexibility index (Phi) is 3.32. The molecule has 1 aromatic carbocycles. The molecule has 1 amide bonds. The van der Waals surface area contributed by atoms with E-state index in [1.807, 2.05) is 29.6 Å². The van der Waals surface area contributed by atoms with Crippen LogP contribution in [0.2, 0.25) is 0 Å². The van der Waals surface area contributed by atoms with Gasteiger partial charge < -0.3 is 10.7 Å². The smallest absolute Gasteiger partial charge is 0.255 e. The van der Waals surface area contributed by atoms with Gasteiger partial charge in [0.2, 0.25) is 0 Å². The summed E-state index contributed by atoms with van der Waals surface area (Å²) in [6, 6.07) is 11.1. The summed E-state index contributed by atoms with van der Waals surface area (Å²) in [7, 11) is 0. The Balaban J connectivity index is 1.83. The minimum absolute atomic E-state index is 0.196. The van der Waals surface area contributed by atoms with Crippen molar-refractivity contribution in [3.8, 4) is 0 Å². The molecule has 100 valence electrons. The molecule has 4 N–H and O–H groups in total. The molecule has 0 aliphatic heterocycles. The van der Waals surface area contributed by atoms with Crippen molar-refractivity contribution in [2.24, 2.45) is 5.84 Å². The zero-order valence-electron chi connectivity index (χ0n) is 10.5. The van der Waals surface area contributed by atoms with E-state index >= 15 is 0 Å². The lowest BCUT2D eigenvalue weighted by Gasteiger charge is -2.06. The first-order valence-electron chi connectivity index (χ1n) is 5.97. The first kappa shape index (κ1) is 12.6. The Labute approximate surface area is 119 Å². The second kappa shape index (κ2) is 5.28. The van der Waals surface area contributed by atoms with E-state index in [4.69, 9.17) is 5.84 Å². The number of carbonyl (C=O) groups is 1. The molecule has 20 heavy (non-hydrogen) atoms. The minimum Gasteiger partial charge on any atom is -0.322 e. The Hall–Kier alpha value is -2.44. The second-order valence-corrected chi connectivity index (χ2v) is 5.15. The molecule has 0 saturated carbocycles. The molecule has 0 bridgehead atoms. The van der Waals surface area contributed by atoms with Crippen LogP contribution in [0.15, 0.2) is 48.0 Å². The number of thiophene rings is 1. The number of hydrogen-bond acceptors (Lipinski definition) is 5. The Morgan fingerprint density at radius 3 is 2.95 bits per heavy atom. The number of amides is 1. The van der Waals surface area contributed by atoms with Gasteiger partial charge >= 0.3 is 0 Å². The Morgan fingerprint density at radius 1 is 1.20 bits per heavy atom. The number of aromatic nitrogens is 1. The lowest BCUT2D eigenvalue weighted by molar-refractivity contribution is 0.102. The lowest BCUT2D eigenvalue weighted by atomic mass is 10.2. The van der Waals surface area contributed by atoms with Crippen LogP contribution >= 0.6 is 11.3 Å². The van der Waals surface area contributed by atoms with Crippen LogP contribution in [0.3, 0.4) is 0 Å². The largest absolute Gasteiger partial charge is 0.322 e. The predicted octanol–water partition coefficient (Wildman–Crippen LogP) is 2.83. The number of nitrogen functional groups attached to an aromatic ring is 1. The highest BCUT2D eigenvalue weighted by Gasteiger charge is 2.07. The summed E-state index contributed by atoms with van der Waals surface area (Å²) in [4.78, 5) is 16.1. The summed E-state index contributed by atoms with van der Waals surface area (Å²) < 4.78 is 1.20. The van der Waals surface area contributed by atoms with Crippen molar-refractivity contribution in [1.82, 2.24) is 4.98 Å². The third kappa shape index (κ3) is 2.47. The highest BCUT2D eigenvalue weighted by molar-refractivity contribution is 7.17. The monoisotopic (exact) mass is 284 g/mol. The van der Waals surface area contributed by atoms with Crippen molar-refractivity contribution in [3.63, 3.8) is 0 Å². The molecule has 2 aromatic heterocycles. The fourth-order valence-corrected chi connectivity index (χ4v) is 2.67. The molecule has 0 spiro atoms. The summed E-state index contributed by atoms with van der Waals surface area (Å²) in [5.41, 5.74) is 3.68. The summed E-state index contributed by atoms with van der Waals surface area (Å²) in [6.45, 7) is 0. The highest BCUT2D eigenvalue weighted by atomic mass is 32.1. The normalized spacial score (nSPS) is 10.4. The number of nitrogens with two attached hydrogens (primary N) is 1. The number of pyridine rings is 1. The molecule has 6 heteroatoms. The topological polar surface area (TPSA) is 80.0 Å². The van der Waals surface area contributed by atoms with E-state index in [0.717, 1.165) is 11.1 Å². The number of carbonyl (C=O) groups excluding carboxylic acids is 1. The van der Waals surface area contributed by atoms with Gasteiger partial charge in [-0.15, -0.1) is 11.3 Å². The average molecular weight is 284 g/mol. The lowest BCUT2D eigenvalue weighted by Crippen LogP contribution is -2.14. The van der Waals surface area contributed by atoms with Crippen LogP contribution in [-0.4, -0.2) is 10.9 Å². The first-order chi connectivity index (χ1) is 9.76. The van der Waals surface area contributed by atoms with Crippen molar-refractivity contribution in [3.05, 3.63) is 53.5 Å². The van der Waals surface area contributed by atoms with Crippen molar-refractivity contribution in [1.29, 1.82) is 0 Å². The SMILES string of the molecule is NNc1cc(C(=O)Nc2ccc3sccc3c2)ccn1. The molecule has 0 saturated heterocycles. The van der Waals surface area contributed by atoms with Crippen molar-refractivity contribution >= 4 is 38.8 Å². The van der Waals surface area contributed by atoms with Gasteiger partial charge in [-0.3, -0.25) is 4.79 Å². The quantitative estimate of drug-likeness (QED) is 0.510. The van der Waals surface area contributed by atoms with E-state index < -0.39 is 0 Å². The number of anilines is 2. The van der Waals surface area contributed by atoms with E-state index in [-0.39, 0.29) is 5.91 Å². The molecule has 0 aliphatic rings. The third-order valence-electron chi connectivity index (χ3n) is 2.88. The van der Waals surface area contributed by atoms with Gasteiger partial charge in [0.25, 0.3) is 5.91 Å². The molecule has 2 heterocycles. The summed E-state index contributed by atoms with van der Waals surface area (Å²) >= 11 is 1.67. The zero-order chi connectivity index (χ0) is 13.9. The standard InChI is InChI=1S/C14H12N4OS/c15-18-13-8-10(3-5-16-13)14(19)17-11-1-2-12-9(7-11)4-6-20-12/h1-8H,15H2,(H,16,18)(H,17,19). The van der Waals surface area contributed by atoms with E-state index in [2.05, 4.69) is 15.7 Å². The van der Waals surface area contributed by atoms with Gasteiger partial charge in [0.15, 0.2) is 0 Å². The van der Waals surface area contributed by atoms with Crippen LogP contribution in [0.1, 0.15) is 10.4 Å². The fourth-order valence-electron chi connectivity index (χ4n) is 1.90. The van der Waals surface area contributed by atoms with Crippen LogP contribution in [0.4, 0.5) is 11.5 Å². The van der Waals surface area contributed by atoms with Crippen LogP contribution < -0.4 is 16.6 Å². The number of hydrazine groups is 1. The summed E-state index contributed by atoms with van der Waals surface area (Å²) in [6.07, 6.45) is 1.53. The maximum absolute atomic E-state index is 12.2. The van der Waals surface area contributed by atoms with E-state index in [1.165, 1.54) is 10.9 Å². The van der Waals surface area contributed by atoms with Crippen molar-refractivity contribution in [2.45, 2.75) is 0 Å². The number of fused-ring (bicyclic) bond motifs is 1. The molecular formula is C14H12N4OS. The molecule has 0 fully saturated rings. The molecule has 5 nitrogen and oxygen atoms in total. The van der Waals surface area contributed by atoms with Gasteiger partial charge in [-0.05, 0) is 47.2 Å². The van der Waals surface area contributed by atoms with Gasteiger partial charge in [0.05, 0.1) is 0 Å². The fraction of sp³-hybridized carbons (Fsp3) is 0. The molecule has 3 rings (SSSR count). The molecular weight excluding hydrogens is 272 g/mol. The van der Waals surface area contributed by atoms with Gasteiger partial charge in [0, 0.05) is 22.1 Å². The first-order valence-corrected chi connectivity index (χ1v) is 6.85. The van der Waals surface area contributed by atoms with E-state index in [0.29, 0.717) is 11.4 Å². The predicted molar refractivity (Wildman–Crippen MR) is 81.8 cm³/mol. The Bertz CT molecular complexity index is 768. The number of rotatable bonds is 3. The molecule has 3 aromatic rings. The second-order valence-electron chi connectivity index (χ2n) is 4.20. The maximum atomic E-state index is 12.2. The average Bonchev–Trinajstić information content (AvgIpc) is 2.95. The number of benzene rings is 1. The summed E-state index contributed by atoms with van der Waals surface area (Å²) in [5, 5.41) is 6.00. The van der Waals surface area contributed by atoms with Crippen LogP contribution in [-0.2, 0) is 0 Å². The zero-order valence-corrected chi connectivity index (χ0v) is 11.3. The third-order valence-corrected chi connectivity index (χ3v) is 3.78. The van der Waals surface area contributed by atoms with Crippen molar-refractivity contribution < 1.29 is 4.79 Å². The van der Waals surface area contributed by atoms with E-state index in [9.17, 15) is 4.79 Å². The minimum atomic E-state index is -0.196. The van der Waals surface area contributed by atoms with Gasteiger partial charge in [0.1, 0.15) is 5.82 Å². The number of hydrogen-bond donors (Lipinski definition) is 3. The van der Waals surface area contributed by atoms with Crippen LogP contribution in [0.5, 0.6) is 0 Å². The van der Waals surface area contributed by atoms with Crippen LogP contribution in [0, 0.1) is 0 Å². The maximum Gasteiger partial charge on any atom is 0.255 e. The van der Waals surface area contributed by atoms with Crippen molar-refractivity contribution in [2.75, 3.05) is 10.7 Å². The Morgan fingerprint density at radius 2 is 2.10 bits per heavy atom.